The molecule has 0 saturated carbocycles. The van der Waals surface area contributed by atoms with Gasteiger partial charge in [-0.1, -0.05) is 6.07 Å². The van der Waals surface area contributed by atoms with Gasteiger partial charge < -0.3 is 19.5 Å². The van der Waals surface area contributed by atoms with E-state index >= 15 is 0 Å². The minimum absolute atomic E-state index is 0.0105. The predicted molar refractivity (Wildman–Crippen MR) is 126 cm³/mol. The standard InChI is InChI=1S/C26H26F4N2O4/c1-15-5-6-23(32-24(15)25(33)35-4)18-9-19(26(28,29)30)13-22(12-18)36-8-7-31-16(2)17-10-20(27)14-21(11-17)34-3/h5-6,9-14,16,31H,7-8H2,1-4H3. The number of rotatable bonds is 9. The Balaban J connectivity index is 1.77. The van der Waals surface area contributed by atoms with Crippen molar-refractivity contribution in [1.82, 2.24) is 10.3 Å². The number of hydrogen-bond donors (Lipinski definition) is 1. The van der Waals surface area contributed by atoms with Gasteiger partial charge in [0.05, 0.1) is 25.5 Å². The number of methoxy groups -OCH3 is 2. The lowest BCUT2D eigenvalue weighted by molar-refractivity contribution is -0.137. The molecule has 0 fully saturated rings. The van der Waals surface area contributed by atoms with Crippen LogP contribution < -0.4 is 14.8 Å². The second-order valence-electron chi connectivity index (χ2n) is 8.05. The van der Waals surface area contributed by atoms with Crippen LogP contribution in [0.1, 0.15) is 40.1 Å². The first kappa shape index (κ1) is 26.9. The van der Waals surface area contributed by atoms with Crippen LogP contribution in [-0.4, -0.2) is 38.3 Å². The van der Waals surface area contributed by atoms with Crippen molar-refractivity contribution in [3.63, 3.8) is 0 Å². The second kappa shape index (κ2) is 11.4. The maximum absolute atomic E-state index is 13.8. The summed E-state index contributed by atoms with van der Waals surface area (Å²) in [6, 6.07) is 10.5. The van der Waals surface area contributed by atoms with Gasteiger partial charge >= 0.3 is 12.1 Å². The smallest absolute Gasteiger partial charge is 0.416 e. The molecule has 1 N–H and O–H groups in total. The molecule has 10 heteroatoms. The van der Waals surface area contributed by atoms with Crippen molar-refractivity contribution in [2.45, 2.75) is 26.1 Å². The Morgan fingerprint density at radius 2 is 1.81 bits per heavy atom. The largest absolute Gasteiger partial charge is 0.497 e. The molecule has 36 heavy (non-hydrogen) atoms. The molecule has 0 aliphatic carbocycles. The van der Waals surface area contributed by atoms with E-state index in [9.17, 15) is 22.4 Å². The van der Waals surface area contributed by atoms with E-state index in [0.717, 1.165) is 12.1 Å². The van der Waals surface area contributed by atoms with Crippen molar-refractivity contribution in [2.75, 3.05) is 27.4 Å². The summed E-state index contributed by atoms with van der Waals surface area (Å²) in [6.45, 7) is 3.79. The first-order chi connectivity index (χ1) is 17.0. The summed E-state index contributed by atoms with van der Waals surface area (Å²) in [5.41, 5.74) is 0.597. The number of carbonyl (C=O) groups is 1. The maximum Gasteiger partial charge on any atom is 0.416 e. The van der Waals surface area contributed by atoms with Crippen molar-refractivity contribution in [3.05, 3.63) is 76.7 Å². The molecule has 3 aromatic rings. The summed E-state index contributed by atoms with van der Waals surface area (Å²) in [4.78, 5) is 16.2. The van der Waals surface area contributed by atoms with E-state index in [2.05, 4.69) is 10.3 Å². The predicted octanol–water partition coefficient (Wildman–Crippen LogP) is 5.74. The minimum atomic E-state index is -4.62. The van der Waals surface area contributed by atoms with Crippen LogP contribution in [0.15, 0.2) is 48.5 Å². The number of pyridine rings is 1. The summed E-state index contributed by atoms with van der Waals surface area (Å²) >= 11 is 0. The zero-order valence-corrected chi connectivity index (χ0v) is 20.2. The molecule has 6 nitrogen and oxygen atoms in total. The number of halogens is 4. The Kier molecular flexibility index (Phi) is 8.52. The lowest BCUT2D eigenvalue weighted by Crippen LogP contribution is -2.24. The Hall–Kier alpha value is -3.66. The number of aryl methyl sites for hydroxylation is 1. The number of hydrogen-bond acceptors (Lipinski definition) is 6. The van der Waals surface area contributed by atoms with Gasteiger partial charge in [-0.3, -0.25) is 0 Å². The molecule has 0 radical (unpaired) electrons. The molecule has 0 bridgehead atoms. The number of nitrogens with zero attached hydrogens (tertiary/aromatic N) is 1. The van der Waals surface area contributed by atoms with Crippen LogP contribution in [0.3, 0.4) is 0 Å². The monoisotopic (exact) mass is 506 g/mol. The molecule has 1 aromatic heterocycles. The molecule has 2 aromatic carbocycles. The van der Waals surface area contributed by atoms with E-state index in [1.54, 1.807) is 19.1 Å². The zero-order valence-electron chi connectivity index (χ0n) is 20.2. The van der Waals surface area contributed by atoms with Crippen LogP contribution in [0.5, 0.6) is 11.5 Å². The molecule has 3 rings (SSSR count). The van der Waals surface area contributed by atoms with Crippen molar-refractivity contribution in [3.8, 4) is 22.8 Å². The quantitative estimate of drug-likeness (QED) is 0.227. The van der Waals surface area contributed by atoms with Crippen LogP contribution >= 0.6 is 0 Å². The topological polar surface area (TPSA) is 69.7 Å². The fraction of sp³-hybridized carbons (Fsp3) is 0.308. The van der Waals surface area contributed by atoms with Crippen molar-refractivity contribution < 1.29 is 36.6 Å². The van der Waals surface area contributed by atoms with Gasteiger partial charge in [-0.2, -0.15) is 13.2 Å². The van der Waals surface area contributed by atoms with E-state index in [1.165, 1.54) is 38.5 Å². The van der Waals surface area contributed by atoms with Crippen molar-refractivity contribution in [2.24, 2.45) is 0 Å². The van der Waals surface area contributed by atoms with E-state index in [1.807, 2.05) is 6.92 Å². The van der Waals surface area contributed by atoms with E-state index in [4.69, 9.17) is 14.2 Å². The average Bonchev–Trinajstić information content (AvgIpc) is 2.85. The normalized spacial score (nSPS) is 12.2. The molecule has 0 spiro atoms. The van der Waals surface area contributed by atoms with Gasteiger partial charge in [0.2, 0.25) is 0 Å². The molecule has 0 amide bonds. The molecule has 0 aliphatic heterocycles. The van der Waals surface area contributed by atoms with Gasteiger partial charge in [-0.05, 0) is 61.4 Å². The third kappa shape index (κ3) is 6.72. The highest BCUT2D eigenvalue weighted by Crippen LogP contribution is 2.35. The number of esters is 1. The molecule has 192 valence electrons. The fourth-order valence-corrected chi connectivity index (χ4v) is 3.50. The number of aromatic nitrogens is 1. The van der Waals surface area contributed by atoms with Crippen LogP contribution in [0.4, 0.5) is 17.6 Å². The van der Waals surface area contributed by atoms with Crippen molar-refractivity contribution in [1.29, 1.82) is 0 Å². The lowest BCUT2D eigenvalue weighted by Gasteiger charge is -2.17. The third-order valence-electron chi connectivity index (χ3n) is 5.46. The molecule has 1 atom stereocenters. The van der Waals surface area contributed by atoms with Gasteiger partial charge in [0, 0.05) is 24.2 Å². The summed E-state index contributed by atoms with van der Waals surface area (Å²) < 4.78 is 69.8. The fourth-order valence-electron chi connectivity index (χ4n) is 3.50. The highest BCUT2D eigenvalue weighted by Gasteiger charge is 2.32. The van der Waals surface area contributed by atoms with E-state index in [0.29, 0.717) is 16.9 Å². The lowest BCUT2D eigenvalue weighted by atomic mass is 10.0. The number of alkyl halides is 3. The molecule has 1 unspecified atom stereocenters. The highest BCUT2D eigenvalue weighted by atomic mass is 19.4. The first-order valence-electron chi connectivity index (χ1n) is 11.0. The molecular weight excluding hydrogens is 480 g/mol. The van der Waals surface area contributed by atoms with Crippen LogP contribution in [0, 0.1) is 12.7 Å². The van der Waals surface area contributed by atoms with Crippen LogP contribution in [-0.2, 0) is 10.9 Å². The summed E-state index contributed by atoms with van der Waals surface area (Å²) in [5.74, 6) is -0.755. The van der Waals surface area contributed by atoms with Gasteiger partial charge in [0.25, 0.3) is 0 Å². The third-order valence-corrected chi connectivity index (χ3v) is 5.46. The van der Waals surface area contributed by atoms with Crippen molar-refractivity contribution >= 4 is 5.97 Å². The molecule has 0 saturated heterocycles. The highest BCUT2D eigenvalue weighted by molar-refractivity contribution is 5.89. The summed E-state index contributed by atoms with van der Waals surface area (Å²) in [5, 5.41) is 3.14. The SMILES string of the molecule is COC(=O)c1nc(-c2cc(OCCNC(C)c3cc(F)cc(OC)c3)cc(C(F)(F)F)c2)ccc1C. The van der Waals surface area contributed by atoms with Gasteiger partial charge in [-0.25, -0.2) is 14.2 Å². The van der Waals surface area contributed by atoms with E-state index in [-0.39, 0.29) is 41.9 Å². The molecule has 1 heterocycles. The number of nitrogens with one attached hydrogen (secondary N) is 1. The van der Waals surface area contributed by atoms with Gasteiger partial charge in [0.15, 0.2) is 5.69 Å². The number of ether oxygens (including phenoxy) is 3. The second-order valence-corrected chi connectivity index (χ2v) is 8.05. The van der Waals surface area contributed by atoms with Gasteiger partial charge in [-0.15, -0.1) is 0 Å². The maximum atomic E-state index is 13.8. The summed E-state index contributed by atoms with van der Waals surface area (Å²) in [7, 11) is 2.64. The Morgan fingerprint density at radius 3 is 2.47 bits per heavy atom. The number of benzene rings is 2. The minimum Gasteiger partial charge on any atom is -0.497 e. The Bertz CT molecular complexity index is 1230. The first-order valence-corrected chi connectivity index (χ1v) is 11.0. The van der Waals surface area contributed by atoms with E-state index < -0.39 is 23.5 Å². The van der Waals surface area contributed by atoms with Gasteiger partial charge in [0.1, 0.15) is 23.9 Å². The Morgan fingerprint density at radius 1 is 1.06 bits per heavy atom. The number of carbonyl (C=O) groups excluding carboxylic acids is 1. The van der Waals surface area contributed by atoms with Crippen LogP contribution in [0.2, 0.25) is 0 Å². The Labute approximate surface area is 206 Å². The summed E-state index contributed by atoms with van der Waals surface area (Å²) in [6.07, 6.45) is -4.62. The molecular formula is C26H26F4N2O4. The zero-order chi connectivity index (χ0) is 26.5. The average molecular weight is 506 g/mol. The molecule has 0 aliphatic rings. The van der Waals surface area contributed by atoms with Crippen LogP contribution in [0.25, 0.3) is 11.3 Å².